The molecule has 0 aliphatic rings. The Balaban J connectivity index is 2.54. The van der Waals surface area contributed by atoms with Gasteiger partial charge < -0.3 is 15.1 Å². The summed E-state index contributed by atoms with van der Waals surface area (Å²) in [4.78, 5) is 15.8. The van der Waals surface area contributed by atoms with E-state index in [0.717, 1.165) is 5.56 Å². The van der Waals surface area contributed by atoms with Crippen LogP contribution in [0.1, 0.15) is 25.5 Å². The van der Waals surface area contributed by atoms with Crippen LogP contribution in [0.25, 0.3) is 11.1 Å². The average molecular weight is 249 g/mol. The number of aromatic nitrogens is 1. The van der Waals surface area contributed by atoms with Gasteiger partial charge in [-0.3, -0.25) is 4.98 Å². The normalized spacial score (nSPS) is 14.3. The monoisotopic (exact) mass is 249 g/mol. The average Bonchev–Trinajstić information content (AvgIpc) is 2.54. The molecule has 0 saturated heterocycles. The molecule has 0 spiro atoms. The molecule has 1 atom stereocenters. The van der Waals surface area contributed by atoms with Crippen LogP contribution in [0, 0.1) is 0 Å². The summed E-state index contributed by atoms with van der Waals surface area (Å²) in [5.74, 6) is -0.435. The zero-order valence-electron chi connectivity index (χ0n) is 11.2. The number of nitrogens with two attached hydrogens (primary N) is 1. The van der Waals surface area contributed by atoms with Crippen LogP contribution < -0.4 is 11.5 Å². The van der Waals surface area contributed by atoms with Gasteiger partial charge in [0, 0.05) is 5.54 Å². The molecule has 0 fully saturated rings. The van der Waals surface area contributed by atoms with Gasteiger partial charge in [-0.1, -0.05) is 6.07 Å². The first kappa shape index (κ1) is 12.9. The molecule has 3 N–H and O–H groups in total. The predicted molar refractivity (Wildman–Crippen MR) is 71.5 cm³/mol. The molecule has 0 bridgehead atoms. The van der Waals surface area contributed by atoms with Gasteiger partial charge in [0.15, 0.2) is 5.58 Å². The van der Waals surface area contributed by atoms with Gasteiger partial charge in [0.05, 0.1) is 11.6 Å². The summed E-state index contributed by atoms with van der Waals surface area (Å²) in [6.45, 7) is 3.96. The molecule has 98 valence electrons. The molecular weight excluding hydrogens is 230 g/mol. The van der Waals surface area contributed by atoms with Crippen molar-refractivity contribution in [3.63, 3.8) is 0 Å². The number of fused-ring (bicyclic) bond motifs is 1. The molecule has 1 heterocycles. The number of oxazole rings is 1. The van der Waals surface area contributed by atoms with E-state index < -0.39 is 11.3 Å². The number of hydrogen-bond acceptors (Lipinski definition) is 4. The van der Waals surface area contributed by atoms with E-state index >= 15 is 0 Å². The maximum atomic E-state index is 11.1. The van der Waals surface area contributed by atoms with Crippen LogP contribution >= 0.6 is 0 Å². The number of aromatic amines is 1. The van der Waals surface area contributed by atoms with E-state index in [1.807, 2.05) is 46.1 Å². The topological polar surface area (TPSA) is 75.3 Å². The number of likely N-dealkylation sites (N-methyl/N-ethyl adjacent to an activating group) is 1. The molecule has 1 aromatic carbocycles. The van der Waals surface area contributed by atoms with Gasteiger partial charge in [-0.05, 0) is 45.6 Å². The van der Waals surface area contributed by atoms with E-state index in [4.69, 9.17) is 10.2 Å². The largest absolute Gasteiger partial charge is 0.417 e. The summed E-state index contributed by atoms with van der Waals surface area (Å²) in [6.07, 6.45) is 0. The van der Waals surface area contributed by atoms with Gasteiger partial charge in [0.1, 0.15) is 0 Å². The van der Waals surface area contributed by atoms with Crippen molar-refractivity contribution in [3.05, 3.63) is 34.3 Å². The van der Waals surface area contributed by atoms with Crippen LogP contribution in [0.15, 0.2) is 27.4 Å². The molecule has 2 aromatic rings. The second-order valence-electron chi connectivity index (χ2n) is 5.46. The molecule has 18 heavy (non-hydrogen) atoms. The second-order valence-corrected chi connectivity index (χ2v) is 5.46. The van der Waals surface area contributed by atoms with Gasteiger partial charge in [0.2, 0.25) is 0 Å². The summed E-state index contributed by atoms with van der Waals surface area (Å²) in [5.41, 5.74) is 8.12. The Morgan fingerprint density at radius 3 is 2.61 bits per heavy atom. The third kappa shape index (κ3) is 2.32. The van der Waals surface area contributed by atoms with Crippen molar-refractivity contribution in [2.24, 2.45) is 5.73 Å². The SMILES string of the molecule is CN(C)C(c1ccc2[nH]c(=O)oc2c1)C(C)(C)N. The third-order valence-corrected chi connectivity index (χ3v) is 2.98. The van der Waals surface area contributed by atoms with E-state index in [1.165, 1.54) is 0 Å². The molecule has 0 aliphatic carbocycles. The Bertz CT molecular complexity index is 604. The minimum atomic E-state index is -0.435. The van der Waals surface area contributed by atoms with Crippen molar-refractivity contribution in [2.75, 3.05) is 14.1 Å². The van der Waals surface area contributed by atoms with Crippen LogP contribution in [-0.2, 0) is 0 Å². The van der Waals surface area contributed by atoms with Gasteiger partial charge in [-0.2, -0.15) is 0 Å². The zero-order valence-corrected chi connectivity index (χ0v) is 11.2. The lowest BCUT2D eigenvalue weighted by molar-refractivity contribution is 0.205. The molecule has 0 aliphatic heterocycles. The Labute approximate surface area is 106 Å². The van der Waals surface area contributed by atoms with Crippen molar-refractivity contribution in [2.45, 2.75) is 25.4 Å². The first-order valence-corrected chi connectivity index (χ1v) is 5.87. The van der Waals surface area contributed by atoms with Gasteiger partial charge >= 0.3 is 5.76 Å². The van der Waals surface area contributed by atoms with Gasteiger partial charge in [-0.25, -0.2) is 4.79 Å². The lowest BCUT2D eigenvalue weighted by Crippen LogP contribution is -2.45. The molecular formula is C13H19N3O2. The van der Waals surface area contributed by atoms with E-state index in [-0.39, 0.29) is 6.04 Å². The van der Waals surface area contributed by atoms with Crippen LogP contribution in [0.2, 0.25) is 0 Å². The molecule has 1 aromatic heterocycles. The zero-order chi connectivity index (χ0) is 13.5. The van der Waals surface area contributed by atoms with Crippen LogP contribution in [0.3, 0.4) is 0 Å². The van der Waals surface area contributed by atoms with Crippen LogP contribution in [0.4, 0.5) is 0 Å². The van der Waals surface area contributed by atoms with Gasteiger partial charge in [-0.15, -0.1) is 0 Å². The fraction of sp³-hybridized carbons (Fsp3) is 0.462. The highest BCUT2D eigenvalue weighted by atomic mass is 16.4. The molecule has 2 rings (SSSR count). The van der Waals surface area contributed by atoms with Crippen molar-refractivity contribution in [1.82, 2.24) is 9.88 Å². The molecule has 0 radical (unpaired) electrons. The lowest BCUT2D eigenvalue weighted by atomic mass is 9.88. The Morgan fingerprint density at radius 1 is 1.39 bits per heavy atom. The summed E-state index contributed by atoms with van der Waals surface area (Å²) < 4.78 is 5.08. The first-order chi connectivity index (χ1) is 8.29. The highest BCUT2D eigenvalue weighted by Crippen LogP contribution is 2.29. The van der Waals surface area contributed by atoms with E-state index in [0.29, 0.717) is 11.1 Å². The van der Waals surface area contributed by atoms with Crippen LogP contribution in [-0.4, -0.2) is 29.5 Å². The number of nitrogens with zero attached hydrogens (tertiary/aromatic N) is 1. The highest BCUT2D eigenvalue weighted by Gasteiger charge is 2.29. The number of nitrogens with one attached hydrogen (secondary N) is 1. The fourth-order valence-corrected chi connectivity index (χ4v) is 2.53. The first-order valence-electron chi connectivity index (χ1n) is 5.87. The molecule has 5 heteroatoms. The number of hydrogen-bond donors (Lipinski definition) is 2. The maximum absolute atomic E-state index is 11.1. The van der Waals surface area contributed by atoms with Crippen LogP contribution in [0.5, 0.6) is 0 Å². The van der Waals surface area contributed by atoms with Crippen molar-refractivity contribution in [1.29, 1.82) is 0 Å². The molecule has 5 nitrogen and oxygen atoms in total. The fourth-order valence-electron chi connectivity index (χ4n) is 2.53. The third-order valence-electron chi connectivity index (χ3n) is 2.98. The number of rotatable bonds is 3. The number of H-pyrrole nitrogens is 1. The van der Waals surface area contributed by atoms with E-state index in [9.17, 15) is 4.79 Å². The lowest BCUT2D eigenvalue weighted by Gasteiger charge is -2.36. The Morgan fingerprint density at radius 2 is 2.06 bits per heavy atom. The van der Waals surface area contributed by atoms with Gasteiger partial charge in [0.25, 0.3) is 0 Å². The van der Waals surface area contributed by atoms with Crippen molar-refractivity contribution < 1.29 is 4.42 Å². The van der Waals surface area contributed by atoms with E-state index in [1.54, 1.807) is 0 Å². The summed E-state index contributed by atoms with van der Waals surface area (Å²) in [5, 5.41) is 0. The summed E-state index contributed by atoms with van der Waals surface area (Å²) in [6, 6.07) is 5.72. The minimum Gasteiger partial charge on any atom is -0.408 e. The maximum Gasteiger partial charge on any atom is 0.417 e. The Kier molecular flexibility index (Phi) is 3.04. The van der Waals surface area contributed by atoms with E-state index in [2.05, 4.69) is 9.88 Å². The summed E-state index contributed by atoms with van der Waals surface area (Å²) >= 11 is 0. The second kappa shape index (κ2) is 4.26. The molecule has 0 amide bonds. The minimum absolute atomic E-state index is 0.0436. The van der Waals surface area contributed by atoms with Crippen molar-refractivity contribution in [3.8, 4) is 0 Å². The smallest absolute Gasteiger partial charge is 0.408 e. The quantitative estimate of drug-likeness (QED) is 0.863. The molecule has 1 unspecified atom stereocenters. The number of benzene rings is 1. The Hall–Kier alpha value is -1.59. The standard InChI is InChI=1S/C13H19N3O2/c1-13(2,14)11(16(3)4)8-5-6-9-10(7-8)18-12(17)15-9/h5-7,11H,14H2,1-4H3,(H,15,17). The molecule has 0 saturated carbocycles. The summed E-state index contributed by atoms with van der Waals surface area (Å²) in [7, 11) is 3.97. The predicted octanol–water partition coefficient (Wildman–Crippen LogP) is 1.46. The van der Waals surface area contributed by atoms with Crippen molar-refractivity contribution >= 4 is 11.1 Å². The highest BCUT2D eigenvalue weighted by molar-refractivity contribution is 5.73.